The maximum absolute atomic E-state index is 11.9. The van der Waals surface area contributed by atoms with Gasteiger partial charge in [-0.15, -0.1) is 0 Å². The normalized spacial score (nSPS) is 17.2. The summed E-state index contributed by atoms with van der Waals surface area (Å²) in [6.07, 6.45) is 6.86. The molecule has 108 valence electrons. The summed E-state index contributed by atoms with van der Waals surface area (Å²) in [5, 5.41) is 12.2. The zero-order chi connectivity index (χ0) is 14.4. The Bertz CT molecular complexity index is 496. The highest BCUT2D eigenvalue weighted by Gasteiger charge is 2.14. The van der Waals surface area contributed by atoms with Crippen LogP contribution in [-0.4, -0.2) is 17.6 Å². The first-order chi connectivity index (χ1) is 9.72. The van der Waals surface area contributed by atoms with E-state index in [2.05, 4.69) is 17.5 Å². The summed E-state index contributed by atoms with van der Waals surface area (Å²) in [5.74, 6) is 1.02. The minimum Gasteiger partial charge on any atom is -0.494 e. The minimum absolute atomic E-state index is 0.00889. The van der Waals surface area contributed by atoms with Gasteiger partial charge in [0.25, 0.3) is 0 Å². The number of amides is 1. The van der Waals surface area contributed by atoms with E-state index in [1.165, 1.54) is 0 Å². The number of carbonyl (C=O) groups is 1. The highest BCUT2D eigenvalue weighted by Crippen LogP contribution is 2.24. The van der Waals surface area contributed by atoms with E-state index in [0.29, 0.717) is 35.9 Å². The van der Waals surface area contributed by atoms with Crippen LogP contribution in [0.25, 0.3) is 0 Å². The third-order valence-electron chi connectivity index (χ3n) is 3.37. The van der Waals surface area contributed by atoms with Crippen LogP contribution in [-0.2, 0) is 11.4 Å². The molecule has 1 unspecified atom stereocenters. The van der Waals surface area contributed by atoms with Crippen LogP contribution < -0.4 is 10.1 Å². The lowest BCUT2D eigenvalue weighted by molar-refractivity contribution is -0.116. The van der Waals surface area contributed by atoms with Gasteiger partial charge in [0.05, 0.1) is 13.2 Å². The number of hydrogen-bond acceptors (Lipinski definition) is 3. The van der Waals surface area contributed by atoms with Gasteiger partial charge in [-0.2, -0.15) is 0 Å². The lowest BCUT2D eigenvalue weighted by Crippen LogP contribution is -2.15. The smallest absolute Gasteiger partial charge is 0.224 e. The second-order valence-electron chi connectivity index (χ2n) is 4.93. The van der Waals surface area contributed by atoms with Crippen molar-refractivity contribution in [1.29, 1.82) is 0 Å². The molecular formula is C16H21NO3. The van der Waals surface area contributed by atoms with Gasteiger partial charge < -0.3 is 15.2 Å². The Labute approximate surface area is 119 Å². The van der Waals surface area contributed by atoms with E-state index in [1.54, 1.807) is 18.2 Å². The largest absolute Gasteiger partial charge is 0.494 e. The number of anilines is 1. The maximum Gasteiger partial charge on any atom is 0.224 e. The number of aliphatic hydroxyl groups excluding tert-OH is 1. The molecule has 0 aromatic heterocycles. The topological polar surface area (TPSA) is 58.6 Å². The lowest BCUT2D eigenvalue weighted by atomic mass is 10.0. The molecule has 4 nitrogen and oxygen atoms in total. The summed E-state index contributed by atoms with van der Waals surface area (Å²) in [6, 6.07) is 5.33. The molecular weight excluding hydrogens is 254 g/mol. The van der Waals surface area contributed by atoms with Gasteiger partial charge >= 0.3 is 0 Å². The molecule has 0 heterocycles. The van der Waals surface area contributed by atoms with E-state index in [9.17, 15) is 9.90 Å². The molecule has 2 N–H and O–H groups in total. The number of aliphatic hydroxyl groups is 1. The summed E-state index contributed by atoms with van der Waals surface area (Å²) in [7, 11) is 0. The lowest BCUT2D eigenvalue weighted by Gasteiger charge is -2.12. The van der Waals surface area contributed by atoms with Crippen molar-refractivity contribution in [1.82, 2.24) is 0 Å². The number of carbonyl (C=O) groups excluding carboxylic acids is 1. The fraction of sp³-hybridized carbons (Fsp3) is 0.438. The van der Waals surface area contributed by atoms with Gasteiger partial charge in [0.15, 0.2) is 0 Å². The van der Waals surface area contributed by atoms with Crippen molar-refractivity contribution in [2.24, 2.45) is 5.92 Å². The molecule has 20 heavy (non-hydrogen) atoms. The molecule has 1 atom stereocenters. The molecule has 1 aromatic carbocycles. The Kier molecular flexibility index (Phi) is 5.18. The molecule has 0 bridgehead atoms. The monoisotopic (exact) mass is 275 g/mol. The quantitative estimate of drug-likeness (QED) is 0.785. The van der Waals surface area contributed by atoms with E-state index < -0.39 is 0 Å². The van der Waals surface area contributed by atoms with E-state index in [0.717, 1.165) is 12.8 Å². The van der Waals surface area contributed by atoms with Crippen molar-refractivity contribution >= 4 is 11.6 Å². The summed E-state index contributed by atoms with van der Waals surface area (Å²) >= 11 is 0. The number of ether oxygens (including phenoxy) is 1. The molecule has 0 aliphatic heterocycles. The van der Waals surface area contributed by atoms with Crippen LogP contribution in [0.2, 0.25) is 0 Å². The van der Waals surface area contributed by atoms with Gasteiger partial charge in [0.2, 0.25) is 5.91 Å². The predicted octanol–water partition coefficient (Wildman–Crippen LogP) is 2.87. The van der Waals surface area contributed by atoms with Crippen molar-refractivity contribution in [3.63, 3.8) is 0 Å². The van der Waals surface area contributed by atoms with Crippen LogP contribution in [0.15, 0.2) is 30.4 Å². The zero-order valence-corrected chi connectivity index (χ0v) is 11.8. The average molecular weight is 275 g/mol. The SMILES string of the molecule is CCOc1ccc(NC(=O)CC2C=CCC2)cc1CO. The third-order valence-corrected chi connectivity index (χ3v) is 3.37. The summed E-state index contributed by atoms with van der Waals surface area (Å²) in [6.45, 7) is 2.34. The average Bonchev–Trinajstić information content (AvgIpc) is 2.93. The summed E-state index contributed by atoms with van der Waals surface area (Å²) < 4.78 is 5.41. The molecule has 1 aromatic rings. The predicted molar refractivity (Wildman–Crippen MR) is 78.6 cm³/mol. The van der Waals surface area contributed by atoms with Gasteiger partial charge in [-0.05, 0) is 43.9 Å². The molecule has 1 aliphatic rings. The van der Waals surface area contributed by atoms with Gasteiger partial charge in [-0.3, -0.25) is 4.79 Å². The van der Waals surface area contributed by atoms with Crippen LogP contribution in [0.5, 0.6) is 5.75 Å². The Morgan fingerprint density at radius 2 is 2.35 bits per heavy atom. The van der Waals surface area contributed by atoms with Crippen molar-refractivity contribution in [2.75, 3.05) is 11.9 Å². The van der Waals surface area contributed by atoms with Gasteiger partial charge in [-0.1, -0.05) is 12.2 Å². The third kappa shape index (κ3) is 3.84. The number of hydrogen-bond donors (Lipinski definition) is 2. The number of allylic oxidation sites excluding steroid dienone is 2. The molecule has 2 rings (SSSR count). The second kappa shape index (κ2) is 7.10. The van der Waals surface area contributed by atoms with E-state index in [1.807, 2.05) is 6.92 Å². The Hall–Kier alpha value is -1.81. The standard InChI is InChI=1S/C16H21NO3/c1-2-20-15-8-7-14(10-13(15)11-18)17-16(19)9-12-5-3-4-6-12/h3,5,7-8,10,12,18H,2,4,6,9,11H2,1H3,(H,17,19). The van der Waals surface area contributed by atoms with Crippen LogP contribution in [0.1, 0.15) is 31.7 Å². The van der Waals surface area contributed by atoms with Crippen LogP contribution in [0, 0.1) is 5.92 Å². The minimum atomic E-state index is -0.107. The Morgan fingerprint density at radius 3 is 3.00 bits per heavy atom. The fourth-order valence-corrected chi connectivity index (χ4v) is 2.39. The number of benzene rings is 1. The maximum atomic E-state index is 11.9. The molecule has 0 spiro atoms. The molecule has 0 radical (unpaired) electrons. The van der Waals surface area contributed by atoms with E-state index in [-0.39, 0.29) is 12.5 Å². The Morgan fingerprint density at radius 1 is 1.50 bits per heavy atom. The van der Waals surface area contributed by atoms with Crippen LogP contribution in [0.4, 0.5) is 5.69 Å². The molecule has 0 fully saturated rings. The van der Waals surface area contributed by atoms with Crippen molar-refractivity contribution in [3.05, 3.63) is 35.9 Å². The number of nitrogens with one attached hydrogen (secondary N) is 1. The highest BCUT2D eigenvalue weighted by atomic mass is 16.5. The molecule has 1 aliphatic carbocycles. The summed E-state index contributed by atoms with van der Waals surface area (Å²) in [4.78, 5) is 11.9. The molecule has 0 saturated carbocycles. The molecule has 1 amide bonds. The van der Waals surface area contributed by atoms with Crippen LogP contribution >= 0.6 is 0 Å². The van der Waals surface area contributed by atoms with Crippen LogP contribution in [0.3, 0.4) is 0 Å². The Balaban J connectivity index is 1.98. The fourth-order valence-electron chi connectivity index (χ4n) is 2.39. The van der Waals surface area contributed by atoms with E-state index in [4.69, 9.17) is 4.74 Å². The first-order valence-electron chi connectivity index (χ1n) is 7.06. The summed E-state index contributed by atoms with van der Waals surface area (Å²) in [5.41, 5.74) is 1.38. The first-order valence-corrected chi connectivity index (χ1v) is 7.06. The first kappa shape index (κ1) is 14.6. The van der Waals surface area contributed by atoms with Gasteiger partial charge in [0, 0.05) is 17.7 Å². The van der Waals surface area contributed by atoms with Crippen molar-refractivity contribution < 1.29 is 14.6 Å². The van der Waals surface area contributed by atoms with Crippen molar-refractivity contribution in [3.8, 4) is 5.75 Å². The molecule has 0 saturated heterocycles. The second-order valence-corrected chi connectivity index (χ2v) is 4.93. The molecule has 4 heteroatoms. The van der Waals surface area contributed by atoms with Gasteiger partial charge in [0.1, 0.15) is 5.75 Å². The van der Waals surface area contributed by atoms with Crippen molar-refractivity contribution in [2.45, 2.75) is 32.8 Å². The van der Waals surface area contributed by atoms with Gasteiger partial charge in [-0.25, -0.2) is 0 Å². The number of rotatable bonds is 6. The van der Waals surface area contributed by atoms with E-state index >= 15 is 0 Å². The zero-order valence-electron chi connectivity index (χ0n) is 11.8. The highest BCUT2D eigenvalue weighted by molar-refractivity contribution is 5.91.